The Balaban J connectivity index is -0.000000638. The van der Waals surface area contributed by atoms with Crippen LogP contribution >= 0.6 is 15.9 Å². The predicted octanol–water partition coefficient (Wildman–Crippen LogP) is 6.52. The van der Waals surface area contributed by atoms with E-state index in [0.717, 1.165) is 11.1 Å². The van der Waals surface area contributed by atoms with Crippen molar-refractivity contribution < 1.29 is 9.90 Å². The summed E-state index contributed by atoms with van der Waals surface area (Å²) in [6.07, 6.45) is -0.673. The van der Waals surface area contributed by atoms with Gasteiger partial charge in [0.05, 0.1) is 12.5 Å². The molecule has 1 amide bonds. The normalized spacial score (nSPS) is 9.22. The maximum absolute atomic E-state index is 11.7. The molecular weight excluding hydrogens is 402 g/mol. The molecule has 0 fully saturated rings. The number of amides is 1. The van der Waals surface area contributed by atoms with Crippen molar-refractivity contribution in [2.75, 3.05) is 5.83 Å². The van der Waals surface area contributed by atoms with Gasteiger partial charge in [0.25, 0.3) is 0 Å². The molecule has 2 aromatic carbocycles. The Hall–Kier alpha value is -1.65. The summed E-state index contributed by atoms with van der Waals surface area (Å²) in [5, 5.41) is 12.7. The van der Waals surface area contributed by atoms with Gasteiger partial charge in [0, 0.05) is 6.54 Å². The van der Waals surface area contributed by atoms with Gasteiger partial charge in [-0.2, -0.15) is 0 Å². The summed E-state index contributed by atoms with van der Waals surface area (Å²) in [6, 6.07) is 18.9. The second-order valence-electron chi connectivity index (χ2n) is 4.39. The summed E-state index contributed by atoms with van der Waals surface area (Å²) in [5.74, 6) is 1.66. The average molecular weight is 440 g/mol. The van der Waals surface area contributed by atoms with E-state index in [9.17, 15) is 9.90 Å². The molecule has 2 rings (SSSR count). The van der Waals surface area contributed by atoms with Gasteiger partial charge in [-0.1, -0.05) is 118 Å². The van der Waals surface area contributed by atoms with Gasteiger partial charge in [0.15, 0.2) is 0 Å². The molecule has 4 heteroatoms. The van der Waals surface area contributed by atoms with E-state index in [-0.39, 0.29) is 12.3 Å². The number of carbonyl (C=O) groups is 1. The molecule has 154 valence electrons. The van der Waals surface area contributed by atoms with Crippen LogP contribution in [0.4, 0.5) is 0 Å². The van der Waals surface area contributed by atoms with Gasteiger partial charge in [0.1, 0.15) is 0 Å². The summed E-state index contributed by atoms with van der Waals surface area (Å²) in [6.45, 7) is 12.5. The molecule has 0 aliphatic rings. The molecule has 2 N–H and O–H groups in total. The number of carbonyl (C=O) groups excluding carboxylic acids is 1. The number of hydrogen-bond acceptors (Lipinski definition) is 2. The third kappa shape index (κ3) is 16.3. The van der Waals surface area contributed by atoms with Gasteiger partial charge >= 0.3 is 0 Å². The van der Waals surface area contributed by atoms with Crippen LogP contribution in [0.15, 0.2) is 60.7 Å². The molecular formula is C23H38BrNO2. The smallest absolute Gasteiger partial charge is 0.223 e. The fourth-order valence-corrected chi connectivity index (χ4v) is 1.84. The van der Waals surface area contributed by atoms with Crippen LogP contribution < -0.4 is 5.32 Å². The van der Waals surface area contributed by atoms with E-state index in [1.807, 2.05) is 108 Å². The fourth-order valence-electron chi connectivity index (χ4n) is 1.84. The molecule has 0 aliphatic heterocycles. The minimum absolute atomic E-state index is 0.0802. The first kappa shape index (κ1) is 30.1. The molecule has 0 spiro atoms. The number of rotatable bonds is 5. The lowest BCUT2D eigenvalue weighted by molar-refractivity contribution is -0.123. The SMILES string of the molecule is CBr.CC.CC.CC.O=C(C[C@@H](O)c1ccccc1)NCc1ccccc1. The molecule has 0 aromatic heterocycles. The Bertz CT molecular complexity index is 518. The van der Waals surface area contributed by atoms with E-state index in [0.29, 0.717) is 6.54 Å². The highest BCUT2D eigenvalue weighted by molar-refractivity contribution is 9.08. The van der Waals surface area contributed by atoms with Crippen LogP contribution in [0.25, 0.3) is 0 Å². The van der Waals surface area contributed by atoms with Crippen molar-refractivity contribution in [1.29, 1.82) is 0 Å². The zero-order chi connectivity index (χ0) is 21.5. The van der Waals surface area contributed by atoms with Crippen molar-refractivity contribution in [3.05, 3.63) is 71.8 Å². The Morgan fingerprint density at radius 2 is 1.26 bits per heavy atom. The zero-order valence-electron chi connectivity index (χ0n) is 18.0. The molecule has 0 unspecified atom stereocenters. The molecule has 1 atom stereocenters. The Kier molecular flexibility index (Phi) is 27.1. The largest absolute Gasteiger partial charge is 0.388 e. The molecule has 3 nitrogen and oxygen atoms in total. The van der Waals surface area contributed by atoms with Crippen molar-refractivity contribution in [2.24, 2.45) is 0 Å². The number of halogens is 1. The van der Waals surface area contributed by atoms with Crippen LogP contribution in [0.5, 0.6) is 0 Å². The lowest BCUT2D eigenvalue weighted by Gasteiger charge is -2.11. The minimum atomic E-state index is -0.753. The van der Waals surface area contributed by atoms with Crippen molar-refractivity contribution in [2.45, 2.75) is 60.6 Å². The second-order valence-corrected chi connectivity index (χ2v) is 4.39. The number of benzene rings is 2. The van der Waals surface area contributed by atoms with Gasteiger partial charge in [-0.15, -0.1) is 0 Å². The van der Waals surface area contributed by atoms with Crippen molar-refractivity contribution in [1.82, 2.24) is 5.32 Å². The summed E-state index contributed by atoms with van der Waals surface area (Å²) in [4.78, 5) is 11.7. The Labute approximate surface area is 175 Å². The molecule has 2 aromatic rings. The zero-order valence-corrected chi connectivity index (χ0v) is 19.6. The summed E-state index contributed by atoms with van der Waals surface area (Å²) in [5.41, 5.74) is 1.81. The summed E-state index contributed by atoms with van der Waals surface area (Å²) >= 11 is 2.94. The van der Waals surface area contributed by atoms with Crippen LogP contribution in [0, 0.1) is 0 Å². The van der Waals surface area contributed by atoms with Crippen molar-refractivity contribution >= 4 is 21.8 Å². The lowest BCUT2D eigenvalue weighted by atomic mass is 10.1. The molecule has 0 saturated heterocycles. The van der Waals surface area contributed by atoms with E-state index >= 15 is 0 Å². The first-order valence-electron chi connectivity index (χ1n) is 9.67. The van der Waals surface area contributed by atoms with Crippen LogP contribution in [0.2, 0.25) is 0 Å². The monoisotopic (exact) mass is 439 g/mol. The van der Waals surface area contributed by atoms with Gasteiger partial charge in [-0.25, -0.2) is 0 Å². The molecule has 27 heavy (non-hydrogen) atoms. The van der Waals surface area contributed by atoms with Gasteiger partial charge < -0.3 is 10.4 Å². The maximum Gasteiger partial charge on any atom is 0.223 e. The quantitative estimate of drug-likeness (QED) is 0.520. The third-order valence-electron chi connectivity index (χ3n) is 2.90. The first-order chi connectivity index (χ1) is 13.3. The second kappa shape index (κ2) is 24.4. The van der Waals surface area contributed by atoms with Crippen LogP contribution in [-0.2, 0) is 11.3 Å². The Morgan fingerprint density at radius 3 is 1.70 bits per heavy atom. The van der Waals surface area contributed by atoms with E-state index in [1.165, 1.54) is 0 Å². The summed E-state index contributed by atoms with van der Waals surface area (Å²) < 4.78 is 0. The van der Waals surface area contributed by atoms with Crippen LogP contribution in [-0.4, -0.2) is 16.8 Å². The summed E-state index contributed by atoms with van der Waals surface area (Å²) in [7, 11) is 0. The van der Waals surface area contributed by atoms with Crippen molar-refractivity contribution in [3.63, 3.8) is 0 Å². The third-order valence-corrected chi connectivity index (χ3v) is 2.90. The van der Waals surface area contributed by atoms with Gasteiger partial charge in [-0.05, 0) is 17.0 Å². The van der Waals surface area contributed by atoms with E-state index < -0.39 is 6.10 Å². The molecule has 0 radical (unpaired) electrons. The first-order valence-corrected chi connectivity index (χ1v) is 11.3. The average Bonchev–Trinajstić information content (AvgIpc) is 2.79. The fraction of sp³-hybridized carbons (Fsp3) is 0.435. The number of nitrogens with one attached hydrogen (secondary N) is 1. The maximum atomic E-state index is 11.7. The van der Waals surface area contributed by atoms with Gasteiger partial charge in [0.2, 0.25) is 5.91 Å². The van der Waals surface area contributed by atoms with E-state index in [2.05, 4.69) is 21.2 Å². The standard InChI is InChI=1S/C16H17NO2.3C2H6.CH3Br/c18-15(14-9-5-2-6-10-14)11-16(19)17-12-13-7-3-1-4-8-13;4*1-2/h1-10,15,18H,11-12H2,(H,17,19);3*1-2H3;1H3/t15-;;;;/m1..../s1. The highest BCUT2D eigenvalue weighted by Crippen LogP contribution is 2.15. The minimum Gasteiger partial charge on any atom is -0.388 e. The highest BCUT2D eigenvalue weighted by atomic mass is 79.9. The molecule has 0 aliphatic carbocycles. The lowest BCUT2D eigenvalue weighted by Crippen LogP contribution is -2.24. The number of aliphatic hydroxyl groups excluding tert-OH is 1. The molecule has 0 bridgehead atoms. The number of alkyl halides is 1. The Morgan fingerprint density at radius 1 is 0.852 bits per heavy atom. The number of hydrogen-bond donors (Lipinski definition) is 2. The number of aliphatic hydroxyl groups is 1. The van der Waals surface area contributed by atoms with Gasteiger partial charge in [-0.3, -0.25) is 4.79 Å². The van der Waals surface area contributed by atoms with E-state index in [4.69, 9.17) is 0 Å². The highest BCUT2D eigenvalue weighted by Gasteiger charge is 2.12. The molecule has 0 saturated carbocycles. The van der Waals surface area contributed by atoms with Crippen molar-refractivity contribution in [3.8, 4) is 0 Å². The van der Waals surface area contributed by atoms with Crippen LogP contribution in [0.1, 0.15) is 65.2 Å². The topological polar surface area (TPSA) is 49.3 Å². The molecule has 0 heterocycles. The van der Waals surface area contributed by atoms with Crippen LogP contribution in [0.3, 0.4) is 0 Å². The van der Waals surface area contributed by atoms with E-state index in [1.54, 1.807) is 0 Å². The predicted molar refractivity (Wildman–Crippen MR) is 123 cm³/mol.